The van der Waals surface area contributed by atoms with Crippen LogP contribution in [0.3, 0.4) is 0 Å². The molecule has 4 heteroatoms. The van der Waals surface area contributed by atoms with Crippen LogP contribution in [0.2, 0.25) is 0 Å². The fraction of sp³-hybridized carbons (Fsp3) is 0.750. The van der Waals surface area contributed by atoms with E-state index in [0.717, 1.165) is 19.5 Å². The number of carboxylic acids is 1. The maximum absolute atomic E-state index is 10.6. The average molecular weight is 226 g/mol. The zero-order valence-electron chi connectivity index (χ0n) is 9.90. The lowest BCUT2D eigenvalue weighted by molar-refractivity contribution is -0.138. The summed E-state index contributed by atoms with van der Waals surface area (Å²) in [4.78, 5) is 15.0. The molecule has 0 aromatic rings. The number of hydrogen-bond acceptors (Lipinski definition) is 3. The van der Waals surface area contributed by atoms with Crippen LogP contribution < -0.4 is 0 Å². The zero-order chi connectivity index (χ0) is 11.8. The second-order valence-corrected chi connectivity index (χ2v) is 4.32. The topological polar surface area (TPSA) is 43.8 Å². The van der Waals surface area contributed by atoms with E-state index in [4.69, 9.17) is 5.11 Å². The molecule has 0 saturated carbocycles. The molecule has 4 nitrogen and oxygen atoms in total. The van der Waals surface area contributed by atoms with Gasteiger partial charge in [0.25, 0.3) is 0 Å². The van der Waals surface area contributed by atoms with Gasteiger partial charge in [-0.15, -0.1) is 6.58 Å². The molecular weight excluding hydrogens is 204 g/mol. The van der Waals surface area contributed by atoms with Gasteiger partial charge < -0.3 is 10.0 Å². The summed E-state index contributed by atoms with van der Waals surface area (Å²) >= 11 is 0. The molecule has 0 aromatic heterocycles. The van der Waals surface area contributed by atoms with E-state index in [1.165, 1.54) is 25.9 Å². The van der Waals surface area contributed by atoms with Crippen LogP contribution in [0.1, 0.15) is 19.3 Å². The number of hydrogen-bond donors (Lipinski definition) is 1. The first-order chi connectivity index (χ1) is 7.72. The standard InChI is InChI=1S/C12H22N2O2/c1-2-6-14(11-12(15)16)10-5-9-13-7-3-4-8-13/h2H,1,3-11H2,(H,15,16). The van der Waals surface area contributed by atoms with Crippen LogP contribution in [0.25, 0.3) is 0 Å². The van der Waals surface area contributed by atoms with Crippen molar-refractivity contribution in [1.82, 2.24) is 9.80 Å². The van der Waals surface area contributed by atoms with Crippen LogP contribution in [0, 0.1) is 0 Å². The van der Waals surface area contributed by atoms with Gasteiger partial charge in [-0.1, -0.05) is 6.08 Å². The van der Waals surface area contributed by atoms with Crippen LogP contribution in [0.15, 0.2) is 12.7 Å². The molecule has 1 N–H and O–H groups in total. The Balaban J connectivity index is 2.15. The summed E-state index contributed by atoms with van der Waals surface area (Å²) in [6.07, 6.45) is 5.43. The van der Waals surface area contributed by atoms with Crippen molar-refractivity contribution in [3.05, 3.63) is 12.7 Å². The third-order valence-electron chi connectivity index (χ3n) is 2.89. The Morgan fingerprint density at radius 1 is 1.44 bits per heavy atom. The van der Waals surface area contributed by atoms with Gasteiger partial charge in [-0.05, 0) is 38.9 Å². The Morgan fingerprint density at radius 3 is 2.69 bits per heavy atom. The molecule has 0 spiro atoms. The number of carbonyl (C=O) groups is 1. The van der Waals surface area contributed by atoms with Crippen molar-refractivity contribution in [3.8, 4) is 0 Å². The van der Waals surface area contributed by atoms with E-state index < -0.39 is 5.97 Å². The third kappa shape index (κ3) is 5.28. The fourth-order valence-corrected chi connectivity index (χ4v) is 2.13. The Morgan fingerprint density at radius 2 is 2.12 bits per heavy atom. The van der Waals surface area contributed by atoms with Crippen LogP contribution in [0.4, 0.5) is 0 Å². The van der Waals surface area contributed by atoms with Gasteiger partial charge in [0.1, 0.15) is 0 Å². The summed E-state index contributed by atoms with van der Waals surface area (Å²) in [7, 11) is 0. The van der Waals surface area contributed by atoms with Crippen molar-refractivity contribution in [2.24, 2.45) is 0 Å². The highest BCUT2D eigenvalue weighted by Crippen LogP contribution is 2.07. The number of rotatable bonds is 8. The van der Waals surface area contributed by atoms with Gasteiger partial charge in [-0.25, -0.2) is 0 Å². The quantitative estimate of drug-likeness (QED) is 0.628. The Kier molecular flexibility index (Phi) is 6.11. The highest BCUT2D eigenvalue weighted by atomic mass is 16.4. The molecule has 1 fully saturated rings. The lowest BCUT2D eigenvalue weighted by Crippen LogP contribution is -2.33. The molecular formula is C12H22N2O2. The number of nitrogens with zero attached hydrogens (tertiary/aromatic N) is 2. The predicted octanol–water partition coefficient (Wildman–Crippen LogP) is 1.04. The minimum absolute atomic E-state index is 0.117. The molecule has 1 rings (SSSR count). The smallest absolute Gasteiger partial charge is 0.317 e. The lowest BCUT2D eigenvalue weighted by atomic mass is 10.3. The SMILES string of the molecule is C=CCN(CCCN1CCCC1)CC(=O)O. The van der Waals surface area contributed by atoms with Gasteiger partial charge in [0.15, 0.2) is 0 Å². The monoisotopic (exact) mass is 226 g/mol. The molecule has 0 atom stereocenters. The maximum atomic E-state index is 10.6. The van der Waals surface area contributed by atoms with Crippen molar-refractivity contribution in [2.75, 3.05) is 39.3 Å². The zero-order valence-corrected chi connectivity index (χ0v) is 9.90. The van der Waals surface area contributed by atoms with E-state index >= 15 is 0 Å². The Hall–Kier alpha value is -0.870. The molecule has 16 heavy (non-hydrogen) atoms. The molecule has 0 aromatic carbocycles. The second-order valence-electron chi connectivity index (χ2n) is 4.32. The van der Waals surface area contributed by atoms with E-state index in [-0.39, 0.29) is 6.54 Å². The van der Waals surface area contributed by atoms with E-state index in [1.807, 2.05) is 4.90 Å². The minimum Gasteiger partial charge on any atom is -0.480 e. The molecule has 1 heterocycles. The summed E-state index contributed by atoms with van der Waals surface area (Å²) in [5.41, 5.74) is 0. The molecule has 0 unspecified atom stereocenters. The Labute approximate surface area is 97.5 Å². The summed E-state index contributed by atoms with van der Waals surface area (Å²) in [5, 5.41) is 8.74. The lowest BCUT2D eigenvalue weighted by Gasteiger charge is -2.20. The summed E-state index contributed by atoms with van der Waals surface area (Å²) in [5.74, 6) is -0.761. The van der Waals surface area contributed by atoms with Crippen LogP contribution >= 0.6 is 0 Å². The van der Waals surface area contributed by atoms with E-state index in [2.05, 4.69) is 11.5 Å². The normalized spacial score (nSPS) is 16.8. The van der Waals surface area contributed by atoms with Gasteiger partial charge in [-0.3, -0.25) is 9.69 Å². The first kappa shape index (κ1) is 13.2. The van der Waals surface area contributed by atoms with Crippen molar-refractivity contribution in [1.29, 1.82) is 0 Å². The molecule has 92 valence electrons. The van der Waals surface area contributed by atoms with Crippen LogP contribution in [0.5, 0.6) is 0 Å². The van der Waals surface area contributed by atoms with Gasteiger partial charge in [0.05, 0.1) is 6.54 Å². The third-order valence-corrected chi connectivity index (χ3v) is 2.89. The maximum Gasteiger partial charge on any atom is 0.317 e. The fourth-order valence-electron chi connectivity index (χ4n) is 2.13. The van der Waals surface area contributed by atoms with E-state index in [1.54, 1.807) is 6.08 Å². The second kappa shape index (κ2) is 7.41. The van der Waals surface area contributed by atoms with Crippen molar-refractivity contribution in [3.63, 3.8) is 0 Å². The molecule has 0 aliphatic carbocycles. The number of likely N-dealkylation sites (tertiary alicyclic amines) is 1. The summed E-state index contributed by atoms with van der Waals surface area (Å²) in [6.45, 7) is 8.77. The first-order valence-corrected chi connectivity index (χ1v) is 6.00. The molecule has 0 bridgehead atoms. The van der Waals surface area contributed by atoms with Crippen molar-refractivity contribution >= 4 is 5.97 Å². The molecule has 0 radical (unpaired) electrons. The average Bonchev–Trinajstić information content (AvgIpc) is 2.70. The molecule has 1 aliphatic rings. The molecule has 1 saturated heterocycles. The van der Waals surface area contributed by atoms with Gasteiger partial charge >= 0.3 is 5.97 Å². The van der Waals surface area contributed by atoms with E-state index in [9.17, 15) is 4.79 Å². The highest BCUT2D eigenvalue weighted by molar-refractivity contribution is 5.69. The highest BCUT2D eigenvalue weighted by Gasteiger charge is 2.12. The van der Waals surface area contributed by atoms with Gasteiger partial charge in [0, 0.05) is 13.1 Å². The summed E-state index contributed by atoms with van der Waals surface area (Å²) in [6, 6.07) is 0. The van der Waals surface area contributed by atoms with Crippen molar-refractivity contribution in [2.45, 2.75) is 19.3 Å². The number of aliphatic carboxylic acids is 1. The minimum atomic E-state index is -0.761. The first-order valence-electron chi connectivity index (χ1n) is 6.00. The molecule has 0 amide bonds. The number of carboxylic acid groups (broad SMARTS) is 1. The van der Waals surface area contributed by atoms with E-state index in [0.29, 0.717) is 6.54 Å². The largest absolute Gasteiger partial charge is 0.480 e. The summed E-state index contributed by atoms with van der Waals surface area (Å²) < 4.78 is 0. The van der Waals surface area contributed by atoms with Gasteiger partial charge in [-0.2, -0.15) is 0 Å². The Bertz CT molecular complexity index is 225. The van der Waals surface area contributed by atoms with Crippen LogP contribution in [-0.2, 0) is 4.79 Å². The van der Waals surface area contributed by atoms with Crippen LogP contribution in [-0.4, -0.2) is 60.1 Å². The van der Waals surface area contributed by atoms with Crippen molar-refractivity contribution < 1.29 is 9.90 Å². The van der Waals surface area contributed by atoms with Gasteiger partial charge in [0.2, 0.25) is 0 Å². The molecule has 1 aliphatic heterocycles. The predicted molar refractivity (Wildman–Crippen MR) is 64.6 cm³/mol.